The summed E-state index contributed by atoms with van der Waals surface area (Å²) in [4.78, 5) is 13.1. The number of hydrogen-bond donors (Lipinski definition) is 1. The highest BCUT2D eigenvalue weighted by atomic mass is 32.2. The van der Waals surface area contributed by atoms with Crippen LogP contribution in [-0.4, -0.2) is 47.1 Å². The molecule has 0 aromatic rings. The molecule has 1 amide bonds. The third-order valence-electron chi connectivity index (χ3n) is 1.84. The summed E-state index contributed by atoms with van der Waals surface area (Å²) < 4.78 is 0. The number of rotatable bonds is 6. The smallest absolute Gasteiger partial charge is 0.232 e. The van der Waals surface area contributed by atoms with Crippen molar-refractivity contribution in [3.63, 3.8) is 0 Å². The van der Waals surface area contributed by atoms with Crippen molar-refractivity contribution in [1.82, 2.24) is 4.90 Å². The fourth-order valence-corrected chi connectivity index (χ4v) is 1.57. The second kappa shape index (κ2) is 7.21. The van der Waals surface area contributed by atoms with Gasteiger partial charge < -0.3 is 10.0 Å². The van der Waals surface area contributed by atoms with E-state index in [1.807, 2.05) is 20.9 Å². The topological polar surface area (TPSA) is 40.5 Å². The van der Waals surface area contributed by atoms with E-state index in [9.17, 15) is 4.79 Å². The van der Waals surface area contributed by atoms with Gasteiger partial charge in [-0.15, -0.1) is 0 Å². The van der Waals surface area contributed by atoms with Crippen molar-refractivity contribution in [2.45, 2.75) is 26.3 Å². The minimum absolute atomic E-state index is 0.165. The van der Waals surface area contributed by atoms with Gasteiger partial charge in [-0.2, -0.15) is 11.8 Å². The third kappa shape index (κ3) is 5.93. The van der Waals surface area contributed by atoms with Gasteiger partial charge in [-0.3, -0.25) is 4.79 Å². The maximum absolute atomic E-state index is 11.4. The zero-order valence-electron chi connectivity index (χ0n) is 8.62. The summed E-state index contributed by atoms with van der Waals surface area (Å²) >= 11 is 1.58. The van der Waals surface area contributed by atoms with Crippen LogP contribution in [-0.2, 0) is 4.79 Å². The van der Waals surface area contributed by atoms with Gasteiger partial charge in [0.15, 0.2) is 0 Å². The van der Waals surface area contributed by atoms with Crippen molar-refractivity contribution < 1.29 is 9.90 Å². The number of carbonyl (C=O) groups is 1. The third-order valence-corrected chi connectivity index (χ3v) is 2.87. The van der Waals surface area contributed by atoms with Gasteiger partial charge >= 0.3 is 0 Å². The van der Waals surface area contributed by atoms with Gasteiger partial charge in [-0.25, -0.2) is 0 Å². The lowest BCUT2D eigenvalue weighted by molar-refractivity contribution is -0.128. The summed E-state index contributed by atoms with van der Waals surface area (Å²) in [5.41, 5.74) is 0. The number of nitrogens with zero attached hydrogens (tertiary/aromatic N) is 1. The standard InChI is InChI=1S/C9H19NO2S/c1-8(2)10(3)9(12)7-13-6-4-5-11/h8,11H,4-7H2,1-3H3. The number of thioether (sulfide) groups is 1. The molecule has 0 fully saturated rings. The van der Waals surface area contributed by atoms with Crippen LogP contribution in [0.15, 0.2) is 0 Å². The molecule has 0 aliphatic heterocycles. The molecule has 1 N–H and O–H groups in total. The van der Waals surface area contributed by atoms with Crippen molar-refractivity contribution in [3.8, 4) is 0 Å². The first-order valence-corrected chi connectivity index (χ1v) is 5.69. The summed E-state index contributed by atoms with van der Waals surface area (Å²) in [6.45, 7) is 4.20. The molecule has 0 aromatic heterocycles. The second-order valence-electron chi connectivity index (χ2n) is 3.23. The number of hydrogen-bond acceptors (Lipinski definition) is 3. The van der Waals surface area contributed by atoms with Gasteiger partial charge in [-0.1, -0.05) is 0 Å². The fourth-order valence-electron chi connectivity index (χ4n) is 0.716. The summed E-state index contributed by atoms with van der Waals surface area (Å²) in [5, 5.41) is 8.52. The lowest BCUT2D eigenvalue weighted by atomic mass is 10.3. The van der Waals surface area contributed by atoms with Crippen LogP contribution in [0.3, 0.4) is 0 Å². The molecule has 4 heteroatoms. The Balaban J connectivity index is 3.50. The first kappa shape index (κ1) is 12.8. The molecule has 0 spiro atoms. The van der Waals surface area contributed by atoms with Gasteiger partial charge in [0.1, 0.15) is 0 Å². The molecular weight excluding hydrogens is 186 g/mol. The zero-order valence-corrected chi connectivity index (χ0v) is 9.43. The Hall–Kier alpha value is -0.220. The van der Waals surface area contributed by atoms with Crippen LogP contribution in [0.25, 0.3) is 0 Å². The van der Waals surface area contributed by atoms with Gasteiger partial charge in [0, 0.05) is 19.7 Å². The van der Waals surface area contributed by atoms with E-state index < -0.39 is 0 Å². The maximum Gasteiger partial charge on any atom is 0.232 e. The lowest BCUT2D eigenvalue weighted by Gasteiger charge is -2.21. The monoisotopic (exact) mass is 205 g/mol. The van der Waals surface area contributed by atoms with E-state index in [0.29, 0.717) is 5.75 Å². The first-order valence-electron chi connectivity index (χ1n) is 4.53. The van der Waals surface area contributed by atoms with Crippen molar-refractivity contribution in [2.75, 3.05) is 25.2 Å². The lowest BCUT2D eigenvalue weighted by Crippen LogP contribution is -2.34. The minimum Gasteiger partial charge on any atom is -0.396 e. The van der Waals surface area contributed by atoms with Gasteiger partial charge in [0.05, 0.1) is 5.75 Å². The van der Waals surface area contributed by atoms with Crippen molar-refractivity contribution >= 4 is 17.7 Å². The highest BCUT2D eigenvalue weighted by molar-refractivity contribution is 7.99. The Morgan fingerprint density at radius 2 is 2.15 bits per heavy atom. The second-order valence-corrected chi connectivity index (χ2v) is 4.33. The number of aliphatic hydroxyl groups excluding tert-OH is 1. The normalized spacial score (nSPS) is 10.5. The average Bonchev–Trinajstić information content (AvgIpc) is 2.10. The molecule has 13 heavy (non-hydrogen) atoms. The van der Waals surface area contributed by atoms with E-state index in [0.717, 1.165) is 12.2 Å². The highest BCUT2D eigenvalue weighted by Gasteiger charge is 2.10. The molecule has 0 aliphatic carbocycles. The van der Waals surface area contributed by atoms with E-state index in [-0.39, 0.29) is 18.6 Å². The zero-order chi connectivity index (χ0) is 10.3. The van der Waals surface area contributed by atoms with Crippen molar-refractivity contribution in [1.29, 1.82) is 0 Å². The largest absolute Gasteiger partial charge is 0.396 e. The van der Waals surface area contributed by atoms with E-state index >= 15 is 0 Å². The van der Waals surface area contributed by atoms with E-state index in [1.165, 1.54) is 0 Å². The van der Waals surface area contributed by atoms with Gasteiger partial charge in [0.2, 0.25) is 5.91 Å². The van der Waals surface area contributed by atoms with Crippen LogP contribution in [0.4, 0.5) is 0 Å². The molecular formula is C9H19NO2S. The van der Waals surface area contributed by atoms with Gasteiger partial charge in [-0.05, 0) is 26.0 Å². The molecule has 0 unspecified atom stereocenters. The van der Waals surface area contributed by atoms with Gasteiger partial charge in [0.25, 0.3) is 0 Å². The average molecular weight is 205 g/mol. The Bertz CT molecular complexity index is 151. The Kier molecular flexibility index (Phi) is 7.09. The summed E-state index contributed by atoms with van der Waals surface area (Å²) in [6, 6.07) is 0.269. The van der Waals surface area contributed by atoms with Crippen molar-refractivity contribution in [3.05, 3.63) is 0 Å². The highest BCUT2D eigenvalue weighted by Crippen LogP contribution is 2.05. The van der Waals surface area contributed by atoms with Crippen LogP contribution in [0.2, 0.25) is 0 Å². The van der Waals surface area contributed by atoms with E-state index in [4.69, 9.17) is 5.11 Å². The van der Waals surface area contributed by atoms with Crippen molar-refractivity contribution in [2.24, 2.45) is 0 Å². The summed E-state index contributed by atoms with van der Waals surface area (Å²) in [5.74, 6) is 1.54. The number of aliphatic hydroxyl groups is 1. The van der Waals surface area contributed by atoms with Crippen LogP contribution in [0.5, 0.6) is 0 Å². The minimum atomic E-state index is 0.165. The molecule has 0 aromatic carbocycles. The molecule has 0 atom stereocenters. The fraction of sp³-hybridized carbons (Fsp3) is 0.889. The maximum atomic E-state index is 11.4. The van der Waals surface area contributed by atoms with E-state index in [1.54, 1.807) is 16.7 Å². The molecule has 0 saturated heterocycles. The Morgan fingerprint density at radius 3 is 2.62 bits per heavy atom. The molecule has 3 nitrogen and oxygen atoms in total. The Morgan fingerprint density at radius 1 is 1.54 bits per heavy atom. The molecule has 0 saturated carbocycles. The molecule has 0 bridgehead atoms. The van der Waals surface area contributed by atoms with Crippen LogP contribution < -0.4 is 0 Å². The SMILES string of the molecule is CC(C)N(C)C(=O)CSCCCO. The van der Waals surface area contributed by atoms with Crippen LogP contribution in [0, 0.1) is 0 Å². The molecule has 0 aliphatic rings. The number of amides is 1. The summed E-state index contributed by atoms with van der Waals surface area (Å²) in [7, 11) is 1.82. The predicted molar refractivity (Wildman–Crippen MR) is 56.9 cm³/mol. The van der Waals surface area contributed by atoms with Crippen LogP contribution in [0.1, 0.15) is 20.3 Å². The van der Waals surface area contributed by atoms with Crippen LogP contribution >= 0.6 is 11.8 Å². The molecule has 0 radical (unpaired) electrons. The number of carbonyl (C=O) groups excluding carboxylic acids is 1. The Labute approximate surface area is 84.5 Å². The first-order chi connectivity index (χ1) is 6.09. The quantitative estimate of drug-likeness (QED) is 0.657. The van der Waals surface area contributed by atoms with E-state index in [2.05, 4.69) is 0 Å². The molecule has 0 heterocycles. The molecule has 78 valence electrons. The predicted octanol–water partition coefficient (Wildman–Crippen LogP) is 0.969. The summed E-state index contributed by atoms with van der Waals surface area (Å²) in [6.07, 6.45) is 0.767. The molecule has 0 rings (SSSR count).